The molecule has 2 aromatic carbocycles. The van der Waals surface area contributed by atoms with Crippen molar-refractivity contribution in [1.82, 2.24) is 9.97 Å². The Hall–Kier alpha value is -3.80. The number of aromatic nitrogens is 2. The minimum absolute atomic E-state index is 0.206. The quantitative estimate of drug-likeness (QED) is 0.328. The molecule has 164 valence electrons. The number of rotatable bonds is 5. The van der Waals surface area contributed by atoms with Gasteiger partial charge < -0.3 is 9.47 Å². The van der Waals surface area contributed by atoms with Gasteiger partial charge in [0, 0.05) is 23.2 Å². The van der Waals surface area contributed by atoms with Crippen LogP contribution in [0.3, 0.4) is 0 Å². The Morgan fingerprint density at radius 1 is 0.750 bits per heavy atom. The maximum atomic E-state index is 12.2. The number of ether oxygens (including phenoxy) is 2. The van der Waals surface area contributed by atoms with Crippen molar-refractivity contribution in [2.24, 2.45) is 0 Å². The number of para-hydroxylation sites is 2. The van der Waals surface area contributed by atoms with Crippen molar-refractivity contribution in [2.75, 3.05) is 13.2 Å². The van der Waals surface area contributed by atoms with Crippen LogP contribution in [0, 0.1) is 6.92 Å². The van der Waals surface area contributed by atoms with Crippen molar-refractivity contribution >= 4 is 33.7 Å². The highest BCUT2D eigenvalue weighted by atomic mass is 16.6. The molecule has 32 heavy (non-hydrogen) atoms. The SMILES string of the molecule is CCOC(=O)C(C(=O)OCC)c1ccnc2ccccc12.Cc1ccnc2ccccc12. The van der Waals surface area contributed by atoms with Crippen molar-refractivity contribution < 1.29 is 19.1 Å². The van der Waals surface area contributed by atoms with Crippen LogP contribution in [0.1, 0.15) is 30.9 Å². The Morgan fingerprint density at radius 3 is 1.81 bits per heavy atom. The van der Waals surface area contributed by atoms with Gasteiger partial charge in [-0.1, -0.05) is 36.4 Å². The van der Waals surface area contributed by atoms with E-state index in [0.29, 0.717) is 11.1 Å². The first-order valence-electron chi connectivity index (χ1n) is 10.5. The predicted molar refractivity (Wildman–Crippen MR) is 124 cm³/mol. The third kappa shape index (κ3) is 5.27. The molecule has 0 N–H and O–H groups in total. The zero-order chi connectivity index (χ0) is 22.9. The molecule has 0 unspecified atom stereocenters. The summed E-state index contributed by atoms with van der Waals surface area (Å²) in [6.07, 6.45) is 3.42. The van der Waals surface area contributed by atoms with Crippen molar-refractivity contribution in [3.05, 3.63) is 84.2 Å². The normalized spacial score (nSPS) is 10.5. The molecule has 0 saturated heterocycles. The number of fused-ring (bicyclic) bond motifs is 2. The standard InChI is InChI=1S/C16H17NO4.C10H9N/c1-3-20-15(18)14(16(19)21-4-2)12-9-10-17-13-8-6-5-7-11(12)13;1-8-6-7-11-10-5-3-2-4-9(8)10/h5-10,14H,3-4H2,1-2H3;2-7H,1H3. The molecule has 2 aromatic heterocycles. The molecule has 0 amide bonds. The van der Waals surface area contributed by atoms with E-state index in [2.05, 4.69) is 23.0 Å². The summed E-state index contributed by atoms with van der Waals surface area (Å²) in [6.45, 7) is 5.91. The average molecular weight is 431 g/mol. The van der Waals surface area contributed by atoms with E-state index < -0.39 is 17.9 Å². The highest BCUT2D eigenvalue weighted by Crippen LogP contribution is 2.26. The molecule has 4 rings (SSSR count). The Balaban J connectivity index is 0.000000219. The second-order valence-electron chi connectivity index (χ2n) is 7.00. The van der Waals surface area contributed by atoms with Gasteiger partial charge in [0.25, 0.3) is 0 Å². The van der Waals surface area contributed by atoms with Gasteiger partial charge in [-0.15, -0.1) is 0 Å². The van der Waals surface area contributed by atoms with E-state index in [0.717, 1.165) is 10.9 Å². The third-order valence-electron chi connectivity index (χ3n) is 4.91. The van der Waals surface area contributed by atoms with Gasteiger partial charge in [-0.05, 0) is 56.2 Å². The maximum absolute atomic E-state index is 12.2. The second kappa shape index (κ2) is 11.0. The number of esters is 2. The van der Waals surface area contributed by atoms with Crippen LogP contribution in [0.25, 0.3) is 21.8 Å². The number of nitrogens with zero attached hydrogens (tertiary/aromatic N) is 2. The molecule has 0 spiro atoms. The van der Waals surface area contributed by atoms with E-state index in [9.17, 15) is 9.59 Å². The number of benzene rings is 2. The van der Waals surface area contributed by atoms with Crippen LogP contribution in [-0.2, 0) is 19.1 Å². The third-order valence-corrected chi connectivity index (χ3v) is 4.91. The minimum Gasteiger partial charge on any atom is -0.465 e. The lowest BCUT2D eigenvalue weighted by atomic mass is 9.95. The van der Waals surface area contributed by atoms with E-state index in [1.165, 1.54) is 10.9 Å². The topological polar surface area (TPSA) is 78.4 Å². The number of carbonyl (C=O) groups is 2. The molecule has 6 nitrogen and oxygen atoms in total. The van der Waals surface area contributed by atoms with E-state index in [1.54, 1.807) is 26.1 Å². The van der Waals surface area contributed by atoms with Gasteiger partial charge in [-0.3, -0.25) is 19.6 Å². The number of aryl methyl sites for hydroxylation is 1. The fourth-order valence-electron chi connectivity index (χ4n) is 3.41. The lowest BCUT2D eigenvalue weighted by molar-refractivity contribution is -0.156. The van der Waals surface area contributed by atoms with Crippen molar-refractivity contribution in [3.63, 3.8) is 0 Å². The van der Waals surface area contributed by atoms with Crippen molar-refractivity contribution in [3.8, 4) is 0 Å². The molecule has 2 heterocycles. The van der Waals surface area contributed by atoms with Crippen molar-refractivity contribution in [2.45, 2.75) is 26.7 Å². The molecule has 0 aliphatic heterocycles. The highest BCUT2D eigenvalue weighted by molar-refractivity contribution is 6.04. The molecule has 0 bridgehead atoms. The summed E-state index contributed by atoms with van der Waals surface area (Å²) in [6, 6.07) is 19.2. The fourth-order valence-corrected chi connectivity index (χ4v) is 3.41. The lowest BCUT2D eigenvalue weighted by Gasteiger charge is -2.16. The molecule has 0 aliphatic carbocycles. The maximum Gasteiger partial charge on any atom is 0.324 e. The van der Waals surface area contributed by atoms with Gasteiger partial charge in [0.1, 0.15) is 0 Å². The summed E-state index contributed by atoms with van der Waals surface area (Å²) >= 11 is 0. The van der Waals surface area contributed by atoms with Gasteiger partial charge in [0.15, 0.2) is 5.92 Å². The van der Waals surface area contributed by atoms with Crippen LogP contribution >= 0.6 is 0 Å². The molecule has 6 heteroatoms. The number of hydrogen-bond donors (Lipinski definition) is 0. The van der Waals surface area contributed by atoms with Gasteiger partial charge in [0.05, 0.1) is 24.2 Å². The largest absolute Gasteiger partial charge is 0.465 e. The zero-order valence-electron chi connectivity index (χ0n) is 18.4. The van der Waals surface area contributed by atoms with Gasteiger partial charge >= 0.3 is 11.9 Å². The molecule has 0 aliphatic rings. The summed E-state index contributed by atoms with van der Waals surface area (Å²) in [5, 5.41) is 1.99. The Bertz CT molecular complexity index is 1190. The van der Waals surface area contributed by atoms with Crippen LogP contribution in [0.5, 0.6) is 0 Å². The molecule has 0 atom stereocenters. The molecular formula is C26H26N2O4. The molecule has 4 aromatic rings. The summed E-state index contributed by atoms with van der Waals surface area (Å²) in [4.78, 5) is 32.8. The van der Waals surface area contributed by atoms with E-state index >= 15 is 0 Å². The summed E-state index contributed by atoms with van der Waals surface area (Å²) < 4.78 is 10.0. The number of pyridine rings is 2. The first-order chi connectivity index (χ1) is 15.6. The van der Waals surface area contributed by atoms with Crippen LogP contribution < -0.4 is 0 Å². The number of hydrogen-bond acceptors (Lipinski definition) is 6. The molecule has 0 fully saturated rings. The average Bonchev–Trinajstić information content (AvgIpc) is 2.81. The van der Waals surface area contributed by atoms with E-state index in [-0.39, 0.29) is 13.2 Å². The van der Waals surface area contributed by atoms with E-state index in [4.69, 9.17) is 9.47 Å². The van der Waals surface area contributed by atoms with E-state index in [1.807, 2.05) is 54.7 Å². The smallest absolute Gasteiger partial charge is 0.324 e. The van der Waals surface area contributed by atoms with Crippen LogP contribution in [-0.4, -0.2) is 35.1 Å². The van der Waals surface area contributed by atoms with Crippen molar-refractivity contribution in [1.29, 1.82) is 0 Å². The first kappa shape index (κ1) is 22.9. The zero-order valence-corrected chi connectivity index (χ0v) is 18.4. The highest BCUT2D eigenvalue weighted by Gasteiger charge is 2.32. The monoisotopic (exact) mass is 430 g/mol. The minimum atomic E-state index is -1.09. The fraction of sp³-hybridized carbons (Fsp3) is 0.231. The molecule has 0 saturated carbocycles. The number of carbonyl (C=O) groups excluding carboxylic acids is 2. The van der Waals surface area contributed by atoms with Gasteiger partial charge in [-0.25, -0.2) is 0 Å². The molecular weight excluding hydrogens is 404 g/mol. The van der Waals surface area contributed by atoms with Gasteiger partial charge in [-0.2, -0.15) is 0 Å². The lowest BCUT2D eigenvalue weighted by Crippen LogP contribution is -2.26. The Morgan fingerprint density at radius 2 is 1.25 bits per heavy atom. The molecule has 0 radical (unpaired) electrons. The summed E-state index contributed by atoms with van der Waals surface area (Å²) in [7, 11) is 0. The Kier molecular flexibility index (Phi) is 7.86. The van der Waals surface area contributed by atoms with Gasteiger partial charge in [0.2, 0.25) is 0 Å². The Labute approximate surface area is 187 Å². The summed E-state index contributed by atoms with van der Waals surface area (Å²) in [5.41, 5.74) is 3.63. The van der Waals surface area contributed by atoms with Crippen LogP contribution in [0.15, 0.2) is 73.1 Å². The predicted octanol–water partition coefficient (Wildman–Crippen LogP) is 4.99. The first-order valence-corrected chi connectivity index (χ1v) is 10.5. The van der Waals surface area contributed by atoms with Crippen LogP contribution in [0.2, 0.25) is 0 Å². The second-order valence-corrected chi connectivity index (χ2v) is 7.00. The van der Waals surface area contributed by atoms with Crippen LogP contribution in [0.4, 0.5) is 0 Å². The summed E-state index contributed by atoms with van der Waals surface area (Å²) in [5.74, 6) is -2.29.